The number of unbranched alkanes of at least 4 members (excludes halogenated alkanes) is 1. The van der Waals surface area contributed by atoms with E-state index in [0.717, 1.165) is 12.8 Å². The van der Waals surface area contributed by atoms with Crippen LogP contribution in [0.3, 0.4) is 0 Å². The minimum Gasteiger partial charge on any atom is -0.492 e. The summed E-state index contributed by atoms with van der Waals surface area (Å²) in [5.41, 5.74) is 6.26. The molecular formula is C24H29BrN4O4S. The van der Waals surface area contributed by atoms with Crippen LogP contribution in [-0.4, -0.2) is 29.4 Å². The van der Waals surface area contributed by atoms with E-state index in [9.17, 15) is 14.4 Å². The van der Waals surface area contributed by atoms with Crippen LogP contribution in [0.5, 0.6) is 5.75 Å². The molecule has 34 heavy (non-hydrogen) atoms. The lowest BCUT2D eigenvalue weighted by Gasteiger charge is -2.12. The number of benzene rings is 2. The van der Waals surface area contributed by atoms with Crippen LogP contribution in [0.1, 0.15) is 60.7 Å². The highest BCUT2D eigenvalue weighted by Gasteiger charge is 2.12. The van der Waals surface area contributed by atoms with Crippen molar-refractivity contribution in [2.75, 3.05) is 11.9 Å². The number of rotatable bonds is 9. The minimum atomic E-state index is -0.451. The van der Waals surface area contributed by atoms with Gasteiger partial charge < -0.3 is 10.1 Å². The third-order valence-corrected chi connectivity index (χ3v) is 5.31. The number of halogens is 1. The van der Waals surface area contributed by atoms with Crippen molar-refractivity contribution in [3.05, 3.63) is 58.1 Å². The highest BCUT2D eigenvalue weighted by Crippen LogP contribution is 2.26. The number of amides is 3. The number of thiocarbonyl (C=S) groups is 1. The molecule has 10 heteroatoms. The second-order valence-electron chi connectivity index (χ2n) is 7.93. The average molecular weight is 549 g/mol. The first-order valence-electron chi connectivity index (χ1n) is 10.9. The van der Waals surface area contributed by atoms with Gasteiger partial charge in [0.15, 0.2) is 5.11 Å². The molecule has 0 atom stereocenters. The van der Waals surface area contributed by atoms with Crippen LogP contribution in [-0.2, 0) is 4.79 Å². The maximum absolute atomic E-state index is 12.4. The van der Waals surface area contributed by atoms with Crippen molar-refractivity contribution in [1.29, 1.82) is 0 Å². The Morgan fingerprint density at radius 2 is 1.68 bits per heavy atom. The average Bonchev–Trinajstić information content (AvgIpc) is 2.78. The van der Waals surface area contributed by atoms with Crippen LogP contribution < -0.4 is 26.2 Å². The molecule has 0 aliphatic heterocycles. The van der Waals surface area contributed by atoms with Gasteiger partial charge in [0.05, 0.1) is 11.1 Å². The molecule has 0 aliphatic carbocycles. The van der Waals surface area contributed by atoms with Gasteiger partial charge in [-0.15, -0.1) is 0 Å². The molecule has 0 heterocycles. The summed E-state index contributed by atoms with van der Waals surface area (Å²) < 4.78 is 6.32. The van der Waals surface area contributed by atoms with Crippen molar-refractivity contribution < 1.29 is 19.1 Å². The summed E-state index contributed by atoms with van der Waals surface area (Å²) in [4.78, 5) is 36.6. The highest BCUT2D eigenvalue weighted by molar-refractivity contribution is 9.10. The standard InChI is InChI=1S/C24H29BrN4O4S/c1-4-5-12-33-20-11-8-17(14-19(20)25)22(31)27-24(34)29-28-23(32)16-6-9-18(10-7-16)26-21(30)13-15(2)3/h6-11,14-15H,4-5,12-13H2,1-3H3,(H,26,30)(H,28,32)(H2,27,29,31,34). The molecule has 0 unspecified atom stereocenters. The van der Waals surface area contributed by atoms with Gasteiger partial charge in [0, 0.05) is 23.2 Å². The van der Waals surface area contributed by atoms with Crippen molar-refractivity contribution in [2.24, 2.45) is 5.92 Å². The van der Waals surface area contributed by atoms with Gasteiger partial charge in [0.25, 0.3) is 11.8 Å². The molecule has 3 amide bonds. The third kappa shape index (κ3) is 9.11. The van der Waals surface area contributed by atoms with E-state index in [2.05, 4.69) is 44.3 Å². The van der Waals surface area contributed by atoms with Gasteiger partial charge in [0.1, 0.15) is 5.75 Å². The third-order valence-electron chi connectivity index (χ3n) is 4.49. The fourth-order valence-electron chi connectivity index (χ4n) is 2.77. The molecule has 2 rings (SSSR count). The van der Waals surface area contributed by atoms with E-state index in [0.29, 0.717) is 40.1 Å². The Morgan fingerprint density at radius 1 is 1.00 bits per heavy atom. The minimum absolute atomic E-state index is 0.0599. The number of carbonyl (C=O) groups excluding carboxylic acids is 3. The molecule has 8 nitrogen and oxygen atoms in total. The van der Waals surface area contributed by atoms with Gasteiger partial charge in [0.2, 0.25) is 5.91 Å². The molecule has 2 aromatic rings. The summed E-state index contributed by atoms with van der Waals surface area (Å²) in [7, 11) is 0. The van der Waals surface area contributed by atoms with Gasteiger partial charge in [-0.1, -0.05) is 27.2 Å². The van der Waals surface area contributed by atoms with E-state index in [4.69, 9.17) is 17.0 Å². The summed E-state index contributed by atoms with van der Waals surface area (Å²) in [6.07, 6.45) is 2.39. The van der Waals surface area contributed by atoms with Crippen molar-refractivity contribution in [1.82, 2.24) is 16.2 Å². The molecule has 0 bridgehead atoms. The van der Waals surface area contributed by atoms with Gasteiger partial charge in [-0.25, -0.2) is 0 Å². The van der Waals surface area contributed by atoms with E-state index in [1.807, 2.05) is 13.8 Å². The first-order valence-corrected chi connectivity index (χ1v) is 12.1. The normalized spacial score (nSPS) is 10.4. The Hall–Kier alpha value is -2.98. The molecule has 0 aromatic heterocycles. The monoisotopic (exact) mass is 548 g/mol. The number of hydrogen-bond acceptors (Lipinski definition) is 5. The fraction of sp³-hybridized carbons (Fsp3) is 0.333. The highest BCUT2D eigenvalue weighted by atomic mass is 79.9. The lowest BCUT2D eigenvalue weighted by atomic mass is 10.1. The number of nitrogens with one attached hydrogen (secondary N) is 4. The van der Waals surface area contributed by atoms with E-state index in [1.54, 1.807) is 42.5 Å². The number of hydrazine groups is 1. The number of ether oxygens (including phenoxy) is 1. The molecule has 182 valence electrons. The van der Waals surface area contributed by atoms with E-state index < -0.39 is 11.8 Å². The van der Waals surface area contributed by atoms with E-state index in [1.165, 1.54) is 0 Å². The largest absolute Gasteiger partial charge is 0.492 e. The van der Waals surface area contributed by atoms with E-state index >= 15 is 0 Å². The summed E-state index contributed by atoms with van der Waals surface area (Å²) in [5.74, 6) is -0.0583. The predicted molar refractivity (Wildman–Crippen MR) is 140 cm³/mol. The Bertz CT molecular complexity index is 1030. The summed E-state index contributed by atoms with van der Waals surface area (Å²) >= 11 is 8.49. The van der Waals surface area contributed by atoms with Gasteiger partial charge in [-0.2, -0.15) is 0 Å². The van der Waals surface area contributed by atoms with E-state index in [-0.39, 0.29) is 16.9 Å². The number of carbonyl (C=O) groups is 3. The van der Waals surface area contributed by atoms with Crippen LogP contribution in [0.25, 0.3) is 0 Å². The molecule has 0 fully saturated rings. The second kappa shape index (κ2) is 13.7. The molecule has 0 saturated heterocycles. The van der Waals surface area contributed by atoms with Gasteiger partial charge in [-0.3, -0.25) is 30.6 Å². The summed E-state index contributed by atoms with van der Waals surface area (Å²) in [6, 6.07) is 11.4. The Morgan fingerprint density at radius 3 is 2.29 bits per heavy atom. The lowest BCUT2D eigenvalue weighted by molar-refractivity contribution is -0.116. The summed E-state index contributed by atoms with van der Waals surface area (Å²) in [5, 5.41) is 5.23. The van der Waals surface area contributed by atoms with Crippen molar-refractivity contribution in [2.45, 2.75) is 40.0 Å². The van der Waals surface area contributed by atoms with Crippen LogP contribution in [0.2, 0.25) is 0 Å². The first-order chi connectivity index (χ1) is 16.2. The van der Waals surface area contributed by atoms with Crippen LogP contribution in [0.15, 0.2) is 46.9 Å². The zero-order valence-electron chi connectivity index (χ0n) is 19.4. The van der Waals surface area contributed by atoms with Gasteiger partial charge >= 0.3 is 0 Å². The maximum atomic E-state index is 12.4. The zero-order chi connectivity index (χ0) is 25.1. The molecular weight excluding hydrogens is 520 g/mol. The SMILES string of the molecule is CCCCOc1ccc(C(=O)NC(=S)NNC(=O)c2ccc(NC(=O)CC(C)C)cc2)cc1Br. The zero-order valence-corrected chi connectivity index (χ0v) is 21.8. The number of anilines is 1. The van der Waals surface area contributed by atoms with Gasteiger partial charge in [-0.05, 0) is 83.0 Å². The smallest absolute Gasteiger partial charge is 0.269 e. The Balaban J connectivity index is 1.83. The second-order valence-corrected chi connectivity index (χ2v) is 9.20. The molecule has 2 aromatic carbocycles. The van der Waals surface area contributed by atoms with Crippen LogP contribution in [0, 0.1) is 5.92 Å². The molecule has 0 radical (unpaired) electrons. The molecule has 4 N–H and O–H groups in total. The van der Waals surface area contributed by atoms with Crippen LogP contribution >= 0.6 is 28.1 Å². The van der Waals surface area contributed by atoms with Crippen LogP contribution in [0.4, 0.5) is 5.69 Å². The summed E-state index contributed by atoms with van der Waals surface area (Å²) in [6.45, 7) is 6.61. The first kappa shape index (κ1) is 27.3. The fourth-order valence-corrected chi connectivity index (χ4v) is 3.40. The van der Waals surface area contributed by atoms with Crippen molar-refractivity contribution >= 4 is 56.7 Å². The quantitative estimate of drug-likeness (QED) is 0.208. The molecule has 0 aliphatic rings. The Kier molecular flexibility index (Phi) is 11.0. The maximum Gasteiger partial charge on any atom is 0.269 e. The number of hydrogen-bond donors (Lipinski definition) is 4. The molecule has 0 saturated carbocycles. The predicted octanol–water partition coefficient (Wildman–Crippen LogP) is 4.56. The molecule has 0 spiro atoms. The Labute approximate surface area is 213 Å². The topological polar surface area (TPSA) is 109 Å². The van der Waals surface area contributed by atoms with Crippen molar-refractivity contribution in [3.63, 3.8) is 0 Å². The van der Waals surface area contributed by atoms with Crippen molar-refractivity contribution in [3.8, 4) is 5.75 Å². The lowest BCUT2D eigenvalue weighted by Crippen LogP contribution is -2.48.